The molecule has 3 rings (SSSR count). The Kier molecular flexibility index (Phi) is 3.58. The van der Waals surface area contributed by atoms with Crippen molar-refractivity contribution in [3.05, 3.63) is 36.0 Å². The maximum atomic E-state index is 12.3. The number of rotatable bonds is 4. The molecule has 3 heterocycles. The van der Waals surface area contributed by atoms with Gasteiger partial charge in [0.05, 0.1) is 12.2 Å². The minimum absolute atomic E-state index is 0.0821. The Labute approximate surface area is 127 Å². The lowest BCUT2D eigenvalue weighted by molar-refractivity contribution is 0.101. The minimum atomic E-state index is -0.380. The molecule has 0 fully saturated rings. The van der Waals surface area contributed by atoms with Crippen molar-refractivity contribution >= 4 is 17.5 Å². The van der Waals surface area contributed by atoms with E-state index in [0.717, 1.165) is 12.1 Å². The molecule has 22 heavy (non-hydrogen) atoms. The normalized spacial score (nSPS) is 12.5. The van der Waals surface area contributed by atoms with Crippen molar-refractivity contribution in [2.75, 3.05) is 5.32 Å². The summed E-state index contributed by atoms with van der Waals surface area (Å²) in [6.07, 6.45) is 4.21. The van der Waals surface area contributed by atoms with Gasteiger partial charge in [0.25, 0.3) is 11.7 Å². The molecule has 0 aromatic carbocycles. The van der Waals surface area contributed by atoms with Crippen LogP contribution in [0.1, 0.15) is 42.6 Å². The van der Waals surface area contributed by atoms with Gasteiger partial charge in [-0.05, 0) is 26.3 Å². The Hall–Kier alpha value is -2.77. The van der Waals surface area contributed by atoms with E-state index in [4.69, 9.17) is 0 Å². The second-order valence-corrected chi connectivity index (χ2v) is 5.11. The average molecular weight is 299 g/mol. The Bertz CT molecular complexity index is 820. The third-order valence-corrected chi connectivity index (χ3v) is 3.55. The van der Waals surface area contributed by atoms with Crippen LogP contribution in [0.2, 0.25) is 0 Å². The first kappa shape index (κ1) is 14.2. The highest BCUT2D eigenvalue weighted by Crippen LogP contribution is 2.16. The number of nitrogens with one attached hydrogen (secondary N) is 1. The third-order valence-electron chi connectivity index (χ3n) is 3.55. The maximum absolute atomic E-state index is 12.3. The highest BCUT2D eigenvalue weighted by Gasteiger charge is 2.17. The number of carbonyl (C=O) groups is 1. The molecule has 0 aliphatic rings. The van der Waals surface area contributed by atoms with Crippen LogP contribution >= 0.6 is 0 Å². The minimum Gasteiger partial charge on any atom is -0.304 e. The van der Waals surface area contributed by atoms with Crippen LogP contribution in [0.4, 0.5) is 5.82 Å². The summed E-state index contributed by atoms with van der Waals surface area (Å²) in [7, 11) is 0. The number of carbonyl (C=O) groups excluding carboxylic acids is 1. The topological polar surface area (TPSA) is 90.0 Å². The van der Waals surface area contributed by atoms with E-state index in [1.807, 2.05) is 13.8 Å². The largest absolute Gasteiger partial charge is 0.304 e. The molecule has 3 aromatic heterocycles. The van der Waals surface area contributed by atoms with Gasteiger partial charge in [-0.2, -0.15) is 10.1 Å². The van der Waals surface area contributed by atoms with E-state index in [1.165, 1.54) is 0 Å². The Morgan fingerprint density at radius 1 is 1.36 bits per heavy atom. The van der Waals surface area contributed by atoms with E-state index in [9.17, 15) is 4.79 Å². The van der Waals surface area contributed by atoms with Crippen LogP contribution < -0.4 is 5.32 Å². The summed E-state index contributed by atoms with van der Waals surface area (Å²) in [5.74, 6) is 0.733. The monoisotopic (exact) mass is 299 g/mol. The Morgan fingerprint density at radius 2 is 2.18 bits per heavy atom. The lowest BCUT2D eigenvalue weighted by atomic mass is 10.3. The first-order chi connectivity index (χ1) is 10.6. The van der Waals surface area contributed by atoms with Crippen LogP contribution in [0.15, 0.2) is 24.5 Å². The van der Waals surface area contributed by atoms with Crippen molar-refractivity contribution in [2.24, 2.45) is 0 Å². The molecule has 0 saturated heterocycles. The molecule has 3 aromatic rings. The lowest BCUT2D eigenvalue weighted by Crippen LogP contribution is -2.18. The molecule has 0 aliphatic carbocycles. The fourth-order valence-electron chi connectivity index (χ4n) is 2.11. The van der Waals surface area contributed by atoms with E-state index in [1.54, 1.807) is 33.7 Å². The summed E-state index contributed by atoms with van der Waals surface area (Å²) in [6, 6.07) is 3.76. The van der Waals surface area contributed by atoms with Crippen molar-refractivity contribution in [3.8, 4) is 0 Å². The standard InChI is InChI=1S/C14H17N7O/c1-4-9(2)20-11(6-8-16-20)17-13(22)12-18-14-15-7-5-10(3)21(14)19-12/h5-9H,4H2,1-3H3,(H,17,22). The van der Waals surface area contributed by atoms with Crippen LogP contribution in [0.5, 0.6) is 0 Å². The van der Waals surface area contributed by atoms with Crippen molar-refractivity contribution in [3.63, 3.8) is 0 Å². The molecule has 114 valence electrons. The number of aromatic nitrogens is 6. The quantitative estimate of drug-likeness (QED) is 0.794. The van der Waals surface area contributed by atoms with Crippen molar-refractivity contribution in [1.82, 2.24) is 29.4 Å². The maximum Gasteiger partial charge on any atom is 0.296 e. The summed E-state index contributed by atoms with van der Waals surface area (Å²) >= 11 is 0. The number of nitrogens with zero attached hydrogens (tertiary/aromatic N) is 6. The molecular formula is C14H17N7O. The molecule has 0 aliphatic heterocycles. The van der Waals surface area contributed by atoms with Gasteiger partial charge in [-0.1, -0.05) is 6.92 Å². The number of fused-ring (bicyclic) bond motifs is 1. The second kappa shape index (κ2) is 5.55. The average Bonchev–Trinajstić information content (AvgIpc) is 3.13. The zero-order chi connectivity index (χ0) is 15.7. The molecule has 1 unspecified atom stereocenters. The molecule has 1 N–H and O–H groups in total. The molecule has 1 atom stereocenters. The van der Waals surface area contributed by atoms with Crippen molar-refractivity contribution < 1.29 is 4.79 Å². The molecule has 0 bridgehead atoms. The fraction of sp³-hybridized carbons (Fsp3) is 0.357. The fourth-order valence-corrected chi connectivity index (χ4v) is 2.11. The summed E-state index contributed by atoms with van der Waals surface area (Å²) in [5, 5.41) is 11.2. The van der Waals surface area contributed by atoms with Gasteiger partial charge < -0.3 is 5.32 Å². The van der Waals surface area contributed by atoms with Gasteiger partial charge in [-0.25, -0.2) is 14.2 Å². The summed E-state index contributed by atoms with van der Waals surface area (Å²) in [5.41, 5.74) is 0.862. The van der Waals surface area contributed by atoms with E-state index in [2.05, 4.69) is 32.4 Å². The van der Waals surface area contributed by atoms with Gasteiger partial charge in [0.2, 0.25) is 5.82 Å². The van der Waals surface area contributed by atoms with Crippen LogP contribution in [-0.2, 0) is 0 Å². The predicted molar refractivity (Wildman–Crippen MR) is 80.7 cm³/mol. The summed E-state index contributed by atoms with van der Waals surface area (Å²) in [6.45, 7) is 5.98. The van der Waals surface area contributed by atoms with Crippen LogP contribution in [0.3, 0.4) is 0 Å². The zero-order valence-corrected chi connectivity index (χ0v) is 12.7. The van der Waals surface area contributed by atoms with E-state index < -0.39 is 0 Å². The molecule has 0 spiro atoms. The van der Waals surface area contributed by atoms with Crippen LogP contribution in [0.25, 0.3) is 5.78 Å². The predicted octanol–water partition coefficient (Wildman–Crippen LogP) is 1.85. The second-order valence-electron chi connectivity index (χ2n) is 5.11. The number of hydrogen-bond donors (Lipinski definition) is 1. The molecule has 0 radical (unpaired) electrons. The molecule has 8 heteroatoms. The summed E-state index contributed by atoms with van der Waals surface area (Å²) < 4.78 is 3.32. The molecule has 8 nitrogen and oxygen atoms in total. The van der Waals surface area contributed by atoms with Crippen LogP contribution in [-0.4, -0.2) is 35.3 Å². The molecule has 1 amide bonds. The summed E-state index contributed by atoms with van der Waals surface area (Å²) in [4.78, 5) is 20.6. The first-order valence-corrected chi connectivity index (χ1v) is 7.13. The zero-order valence-electron chi connectivity index (χ0n) is 12.7. The third kappa shape index (κ3) is 2.43. The van der Waals surface area contributed by atoms with Crippen LogP contribution in [0, 0.1) is 6.92 Å². The number of anilines is 1. The van der Waals surface area contributed by atoms with Gasteiger partial charge in [0.15, 0.2) is 0 Å². The Morgan fingerprint density at radius 3 is 2.91 bits per heavy atom. The van der Waals surface area contributed by atoms with Gasteiger partial charge in [-0.15, -0.1) is 5.10 Å². The smallest absolute Gasteiger partial charge is 0.296 e. The van der Waals surface area contributed by atoms with E-state index >= 15 is 0 Å². The SMILES string of the molecule is CCC(C)n1nccc1NC(=O)c1nc2nccc(C)n2n1. The van der Waals surface area contributed by atoms with Crippen molar-refractivity contribution in [2.45, 2.75) is 33.2 Å². The van der Waals surface area contributed by atoms with Gasteiger partial charge in [0, 0.05) is 18.0 Å². The highest BCUT2D eigenvalue weighted by atomic mass is 16.2. The molecular weight excluding hydrogens is 282 g/mol. The van der Waals surface area contributed by atoms with Gasteiger partial charge in [0.1, 0.15) is 5.82 Å². The van der Waals surface area contributed by atoms with E-state index in [-0.39, 0.29) is 17.8 Å². The van der Waals surface area contributed by atoms with E-state index in [0.29, 0.717) is 11.6 Å². The van der Waals surface area contributed by atoms with Gasteiger partial charge in [-0.3, -0.25) is 4.79 Å². The lowest BCUT2D eigenvalue weighted by Gasteiger charge is -2.13. The van der Waals surface area contributed by atoms with Gasteiger partial charge >= 0.3 is 0 Å². The Balaban J connectivity index is 1.88. The molecule has 0 saturated carbocycles. The number of aryl methyl sites for hydroxylation is 1. The first-order valence-electron chi connectivity index (χ1n) is 7.13. The number of hydrogen-bond acceptors (Lipinski definition) is 5. The highest BCUT2D eigenvalue weighted by molar-refractivity contribution is 6.01. The van der Waals surface area contributed by atoms with Crippen molar-refractivity contribution in [1.29, 1.82) is 0 Å². The number of amides is 1.